The van der Waals surface area contributed by atoms with Crippen molar-refractivity contribution in [2.45, 2.75) is 52.0 Å². The van der Waals surface area contributed by atoms with Crippen LogP contribution in [0.2, 0.25) is 0 Å². The van der Waals surface area contributed by atoms with Gasteiger partial charge in [-0.1, -0.05) is 69.3 Å². The molecule has 0 aromatic heterocycles. The minimum absolute atomic E-state index is 0.0331. The van der Waals surface area contributed by atoms with E-state index in [2.05, 4.69) is 34.9 Å². The van der Waals surface area contributed by atoms with E-state index in [-0.39, 0.29) is 37.3 Å². The number of ether oxygens (including phenoxy) is 1. The lowest BCUT2D eigenvalue weighted by Gasteiger charge is -2.23. The summed E-state index contributed by atoms with van der Waals surface area (Å²) in [5, 5.41) is 14.6. The van der Waals surface area contributed by atoms with E-state index in [1.165, 1.54) is 0 Å². The van der Waals surface area contributed by atoms with Crippen LogP contribution in [0.4, 0.5) is 4.79 Å². The topological polar surface area (TPSA) is 105 Å². The molecule has 0 aliphatic heterocycles. The second-order valence-electron chi connectivity index (χ2n) is 9.24. The third-order valence-electron chi connectivity index (χ3n) is 6.22. The Labute approximate surface area is 200 Å². The van der Waals surface area contributed by atoms with Gasteiger partial charge in [0.25, 0.3) is 0 Å². The van der Waals surface area contributed by atoms with E-state index >= 15 is 0 Å². The highest BCUT2D eigenvalue weighted by Crippen LogP contribution is 2.44. The minimum Gasteiger partial charge on any atom is -0.481 e. The van der Waals surface area contributed by atoms with Gasteiger partial charge in [-0.15, -0.1) is 0 Å². The van der Waals surface area contributed by atoms with Gasteiger partial charge in [0, 0.05) is 18.5 Å². The van der Waals surface area contributed by atoms with Crippen molar-refractivity contribution in [1.82, 2.24) is 10.6 Å². The molecule has 2 atom stereocenters. The maximum atomic E-state index is 12.8. The van der Waals surface area contributed by atoms with Crippen molar-refractivity contribution in [2.75, 3.05) is 13.2 Å². The number of carboxylic acids is 1. The molecule has 1 aliphatic carbocycles. The zero-order chi connectivity index (χ0) is 24.7. The maximum absolute atomic E-state index is 12.8. The third kappa shape index (κ3) is 6.37. The zero-order valence-electron chi connectivity index (χ0n) is 20.0. The molecule has 0 spiro atoms. The lowest BCUT2D eigenvalue weighted by molar-refractivity contribution is -0.137. The highest BCUT2D eigenvalue weighted by Gasteiger charge is 2.29. The van der Waals surface area contributed by atoms with E-state index in [1.807, 2.05) is 45.0 Å². The van der Waals surface area contributed by atoms with Gasteiger partial charge < -0.3 is 20.5 Å². The molecular formula is C27H34N2O5. The van der Waals surface area contributed by atoms with Gasteiger partial charge in [-0.2, -0.15) is 0 Å². The summed E-state index contributed by atoms with van der Waals surface area (Å²) in [6, 6.07) is 15.8. The molecule has 2 amide bonds. The number of hydrogen-bond donors (Lipinski definition) is 3. The average Bonchev–Trinajstić information content (AvgIpc) is 3.13. The molecule has 0 bridgehead atoms. The molecule has 7 heteroatoms. The van der Waals surface area contributed by atoms with Crippen molar-refractivity contribution in [3.63, 3.8) is 0 Å². The summed E-state index contributed by atoms with van der Waals surface area (Å²) in [4.78, 5) is 36.3. The molecular weight excluding hydrogens is 432 g/mol. The Bertz CT molecular complexity index is 974. The maximum Gasteiger partial charge on any atom is 0.407 e. The van der Waals surface area contributed by atoms with E-state index in [0.717, 1.165) is 22.3 Å². The summed E-state index contributed by atoms with van der Waals surface area (Å²) in [5.41, 5.74) is 4.59. The molecule has 0 saturated carbocycles. The van der Waals surface area contributed by atoms with E-state index in [0.29, 0.717) is 12.8 Å². The van der Waals surface area contributed by atoms with Crippen LogP contribution in [0, 0.1) is 11.8 Å². The number of carbonyl (C=O) groups is 3. The lowest BCUT2D eigenvalue weighted by atomic mass is 9.95. The van der Waals surface area contributed by atoms with Crippen molar-refractivity contribution in [3.05, 3.63) is 59.7 Å². The normalized spacial score (nSPS) is 14.1. The number of alkyl carbamates (subject to hydrolysis) is 1. The fourth-order valence-corrected chi connectivity index (χ4v) is 4.54. The highest BCUT2D eigenvalue weighted by molar-refractivity contribution is 5.81. The van der Waals surface area contributed by atoms with Crippen molar-refractivity contribution < 1.29 is 24.2 Å². The molecule has 3 rings (SSSR count). The first kappa shape index (κ1) is 25.3. The number of hydrogen-bond acceptors (Lipinski definition) is 4. The Hall–Kier alpha value is -3.35. The van der Waals surface area contributed by atoms with Gasteiger partial charge in [0.2, 0.25) is 5.91 Å². The van der Waals surface area contributed by atoms with Crippen molar-refractivity contribution >= 4 is 18.0 Å². The summed E-state index contributed by atoms with van der Waals surface area (Å²) in [5.74, 6) is -1.47. The molecule has 0 fully saturated rings. The molecule has 0 radical (unpaired) electrons. The predicted octanol–water partition coefficient (Wildman–Crippen LogP) is 4.56. The van der Waals surface area contributed by atoms with Gasteiger partial charge in [0.1, 0.15) is 6.61 Å². The number of carboxylic acid groups (broad SMARTS) is 1. The Morgan fingerprint density at radius 2 is 1.59 bits per heavy atom. The first-order chi connectivity index (χ1) is 16.3. The number of carbonyl (C=O) groups excluding carboxylic acids is 2. The van der Waals surface area contributed by atoms with Crippen LogP contribution in [0.3, 0.4) is 0 Å². The van der Waals surface area contributed by atoms with Crippen LogP contribution in [0.1, 0.15) is 57.1 Å². The summed E-state index contributed by atoms with van der Waals surface area (Å²) in [7, 11) is 0. The van der Waals surface area contributed by atoms with Crippen molar-refractivity contribution in [3.8, 4) is 11.1 Å². The van der Waals surface area contributed by atoms with Crippen molar-refractivity contribution in [2.24, 2.45) is 11.8 Å². The van der Waals surface area contributed by atoms with E-state index < -0.39 is 24.0 Å². The van der Waals surface area contributed by atoms with E-state index in [4.69, 9.17) is 9.84 Å². The molecule has 3 N–H and O–H groups in total. The van der Waals surface area contributed by atoms with Gasteiger partial charge in [0.15, 0.2) is 0 Å². The smallest absolute Gasteiger partial charge is 0.407 e. The first-order valence-electron chi connectivity index (χ1n) is 11.9. The first-order valence-corrected chi connectivity index (χ1v) is 11.9. The molecule has 34 heavy (non-hydrogen) atoms. The Balaban J connectivity index is 1.58. The Morgan fingerprint density at radius 3 is 2.12 bits per heavy atom. The molecule has 2 aromatic carbocycles. The van der Waals surface area contributed by atoms with E-state index in [1.54, 1.807) is 0 Å². The van der Waals surface area contributed by atoms with Gasteiger partial charge in [-0.25, -0.2) is 4.79 Å². The molecule has 2 aromatic rings. The number of fused-ring (bicyclic) bond motifs is 3. The van der Waals surface area contributed by atoms with Crippen LogP contribution in [-0.4, -0.2) is 42.3 Å². The van der Waals surface area contributed by atoms with Crippen molar-refractivity contribution in [1.29, 1.82) is 0 Å². The summed E-state index contributed by atoms with van der Waals surface area (Å²) < 4.78 is 5.57. The fraction of sp³-hybridized carbons (Fsp3) is 0.444. The summed E-state index contributed by atoms with van der Waals surface area (Å²) in [6.07, 6.45) is 0.391. The Morgan fingerprint density at radius 1 is 1.00 bits per heavy atom. The number of benzene rings is 2. The van der Waals surface area contributed by atoms with E-state index in [9.17, 15) is 14.4 Å². The average molecular weight is 467 g/mol. The van der Waals surface area contributed by atoms with Gasteiger partial charge in [-0.05, 0) is 41.0 Å². The molecule has 0 heterocycles. The largest absolute Gasteiger partial charge is 0.481 e. The SMILES string of the molecule is CC[C@@H](CC(=O)O)NC(=O)C(CNC(=O)OCC1c2ccccc2-c2ccccc21)CC(C)C. The van der Waals surface area contributed by atoms with Crippen LogP contribution < -0.4 is 10.6 Å². The number of amides is 2. The fourth-order valence-electron chi connectivity index (χ4n) is 4.54. The van der Waals surface area contributed by atoms with Crippen LogP contribution >= 0.6 is 0 Å². The summed E-state index contributed by atoms with van der Waals surface area (Å²) >= 11 is 0. The van der Waals surface area contributed by atoms with Crippen LogP contribution in [0.25, 0.3) is 11.1 Å². The predicted molar refractivity (Wildman–Crippen MR) is 130 cm³/mol. The van der Waals surface area contributed by atoms with Crippen LogP contribution in [0.15, 0.2) is 48.5 Å². The second-order valence-corrected chi connectivity index (χ2v) is 9.24. The minimum atomic E-state index is -0.954. The summed E-state index contributed by atoms with van der Waals surface area (Å²) in [6.45, 7) is 6.17. The molecule has 1 aliphatic rings. The number of nitrogens with one attached hydrogen (secondary N) is 2. The standard InChI is InChI=1S/C27H34N2O5/c1-4-19(14-25(30)31)29-26(32)18(13-17(2)3)15-28-27(33)34-16-24-22-11-7-5-9-20(22)21-10-6-8-12-23(21)24/h5-12,17-19,24H,4,13-16H2,1-3H3,(H,28,33)(H,29,32)(H,30,31)/t18?,19-/m0/s1. The quantitative estimate of drug-likeness (QED) is 0.450. The van der Waals surface area contributed by atoms with Crippen LogP contribution in [-0.2, 0) is 14.3 Å². The highest BCUT2D eigenvalue weighted by atomic mass is 16.5. The zero-order valence-corrected chi connectivity index (χ0v) is 20.0. The molecule has 0 saturated heterocycles. The molecule has 182 valence electrons. The van der Waals surface area contributed by atoms with Gasteiger partial charge in [-0.3, -0.25) is 9.59 Å². The van der Waals surface area contributed by atoms with Gasteiger partial charge in [0.05, 0.1) is 12.3 Å². The molecule has 7 nitrogen and oxygen atoms in total. The lowest BCUT2D eigenvalue weighted by Crippen LogP contribution is -2.44. The Kier molecular flexibility index (Phi) is 8.68. The monoisotopic (exact) mass is 466 g/mol. The van der Waals surface area contributed by atoms with Gasteiger partial charge >= 0.3 is 12.1 Å². The second kappa shape index (κ2) is 11.7. The number of aliphatic carboxylic acids is 1. The third-order valence-corrected chi connectivity index (χ3v) is 6.22. The molecule has 1 unspecified atom stereocenters. The van der Waals surface area contributed by atoms with Crippen LogP contribution in [0.5, 0.6) is 0 Å². The number of rotatable bonds is 11.